The van der Waals surface area contributed by atoms with Crippen LogP contribution in [0.15, 0.2) is 59.5 Å². The van der Waals surface area contributed by atoms with E-state index in [-0.39, 0.29) is 17.3 Å². The Hall–Kier alpha value is -3.42. The van der Waals surface area contributed by atoms with Crippen molar-refractivity contribution in [1.29, 1.82) is 0 Å². The Balaban J connectivity index is 1.66. The maximum Gasteiger partial charge on any atom is 0.261 e. The first-order valence-electron chi connectivity index (χ1n) is 6.96. The lowest BCUT2D eigenvalue weighted by Gasteiger charge is -2.00. The van der Waals surface area contributed by atoms with Crippen LogP contribution in [-0.4, -0.2) is 24.9 Å². The molecule has 0 spiro atoms. The van der Waals surface area contributed by atoms with Gasteiger partial charge in [0.1, 0.15) is 11.6 Å². The van der Waals surface area contributed by atoms with Crippen LogP contribution in [0.25, 0.3) is 28.7 Å². The van der Waals surface area contributed by atoms with Gasteiger partial charge in [-0.2, -0.15) is 10.1 Å². The Morgan fingerprint density at radius 3 is 2.75 bits per heavy atom. The number of hydrogen-bond acceptors (Lipinski definition) is 5. The molecule has 24 heavy (non-hydrogen) atoms. The molecule has 0 saturated heterocycles. The second-order valence-corrected chi connectivity index (χ2v) is 4.90. The van der Waals surface area contributed by atoms with Crippen LogP contribution in [0.3, 0.4) is 0 Å². The van der Waals surface area contributed by atoms with Crippen molar-refractivity contribution in [3.05, 3.63) is 66.6 Å². The van der Waals surface area contributed by atoms with Gasteiger partial charge in [-0.05, 0) is 36.4 Å². The van der Waals surface area contributed by atoms with E-state index in [1.54, 1.807) is 41.5 Å². The van der Waals surface area contributed by atoms with Crippen LogP contribution in [0.4, 0.5) is 8.78 Å². The van der Waals surface area contributed by atoms with E-state index in [0.717, 1.165) is 18.2 Å². The quantitative estimate of drug-likeness (QED) is 0.578. The summed E-state index contributed by atoms with van der Waals surface area (Å²) >= 11 is 0. The molecule has 0 saturated carbocycles. The third-order valence-electron chi connectivity index (χ3n) is 3.33. The maximum atomic E-state index is 13.8. The molecule has 8 heteroatoms. The lowest BCUT2D eigenvalue weighted by molar-refractivity contribution is 0.429. The van der Waals surface area contributed by atoms with Gasteiger partial charge in [-0.25, -0.2) is 18.4 Å². The topological polar surface area (TPSA) is 69.6 Å². The van der Waals surface area contributed by atoms with Gasteiger partial charge in [0.15, 0.2) is 5.82 Å². The molecule has 0 bridgehead atoms. The van der Waals surface area contributed by atoms with Crippen LogP contribution < -0.4 is 0 Å². The number of pyridine rings is 1. The zero-order chi connectivity index (χ0) is 16.5. The SMILES string of the molecule is Fc1ccc(F)c(-c2nc(-c3ccc(-n4cccn4)nc3)no2)c1. The Morgan fingerprint density at radius 1 is 1.08 bits per heavy atom. The van der Waals surface area contributed by atoms with Crippen molar-refractivity contribution in [3.8, 4) is 28.7 Å². The normalized spacial score (nSPS) is 10.9. The average molecular weight is 325 g/mol. The van der Waals surface area contributed by atoms with E-state index in [4.69, 9.17) is 4.52 Å². The summed E-state index contributed by atoms with van der Waals surface area (Å²) in [4.78, 5) is 8.35. The molecule has 3 aromatic heterocycles. The highest BCUT2D eigenvalue weighted by molar-refractivity contribution is 5.60. The molecule has 3 heterocycles. The molecule has 6 nitrogen and oxygen atoms in total. The first-order chi connectivity index (χ1) is 11.7. The van der Waals surface area contributed by atoms with Crippen molar-refractivity contribution in [2.45, 2.75) is 0 Å². The van der Waals surface area contributed by atoms with Gasteiger partial charge in [-0.1, -0.05) is 5.16 Å². The zero-order valence-electron chi connectivity index (χ0n) is 12.1. The maximum absolute atomic E-state index is 13.8. The highest BCUT2D eigenvalue weighted by Gasteiger charge is 2.15. The minimum Gasteiger partial charge on any atom is -0.334 e. The van der Waals surface area contributed by atoms with E-state index < -0.39 is 11.6 Å². The minimum absolute atomic E-state index is 0.0881. The number of rotatable bonds is 3. The Morgan fingerprint density at radius 2 is 2.00 bits per heavy atom. The first-order valence-corrected chi connectivity index (χ1v) is 6.96. The molecule has 4 aromatic rings. The third-order valence-corrected chi connectivity index (χ3v) is 3.33. The molecule has 0 amide bonds. The van der Waals surface area contributed by atoms with Crippen molar-refractivity contribution in [1.82, 2.24) is 24.9 Å². The second-order valence-electron chi connectivity index (χ2n) is 4.90. The predicted octanol–water partition coefficient (Wildman–Crippen LogP) is 3.26. The van der Waals surface area contributed by atoms with E-state index in [1.807, 2.05) is 0 Å². The monoisotopic (exact) mass is 325 g/mol. The molecule has 0 radical (unpaired) electrons. The third kappa shape index (κ3) is 2.54. The molecular weight excluding hydrogens is 316 g/mol. The molecular formula is C16H9F2N5O. The lowest BCUT2D eigenvalue weighted by Crippen LogP contribution is -1.97. The van der Waals surface area contributed by atoms with Gasteiger partial charge in [-0.15, -0.1) is 0 Å². The van der Waals surface area contributed by atoms with Crippen LogP contribution in [0.5, 0.6) is 0 Å². The van der Waals surface area contributed by atoms with Gasteiger partial charge in [0.25, 0.3) is 5.89 Å². The molecule has 0 unspecified atom stereocenters. The zero-order valence-corrected chi connectivity index (χ0v) is 12.1. The van der Waals surface area contributed by atoms with Crippen LogP contribution in [0, 0.1) is 11.6 Å². The average Bonchev–Trinajstić information content (AvgIpc) is 3.29. The molecule has 0 atom stereocenters. The predicted molar refractivity (Wildman–Crippen MR) is 80.0 cm³/mol. The van der Waals surface area contributed by atoms with Crippen molar-refractivity contribution >= 4 is 0 Å². The Kier molecular flexibility index (Phi) is 3.34. The molecule has 0 fully saturated rings. The fraction of sp³-hybridized carbons (Fsp3) is 0. The lowest BCUT2D eigenvalue weighted by atomic mass is 10.2. The molecule has 4 rings (SSSR count). The summed E-state index contributed by atoms with van der Waals surface area (Å²) in [5.74, 6) is -0.467. The molecule has 0 N–H and O–H groups in total. The minimum atomic E-state index is -0.640. The molecule has 118 valence electrons. The molecule has 1 aromatic carbocycles. The molecule has 0 aliphatic carbocycles. The van der Waals surface area contributed by atoms with E-state index in [2.05, 4.69) is 20.2 Å². The number of aromatic nitrogens is 5. The van der Waals surface area contributed by atoms with Gasteiger partial charge in [0.2, 0.25) is 5.82 Å². The van der Waals surface area contributed by atoms with E-state index in [0.29, 0.717) is 11.4 Å². The van der Waals surface area contributed by atoms with Gasteiger partial charge in [0.05, 0.1) is 5.56 Å². The summed E-state index contributed by atoms with van der Waals surface area (Å²) < 4.78 is 33.7. The Bertz CT molecular complexity index is 980. The first kappa shape index (κ1) is 14.2. The fourth-order valence-electron chi connectivity index (χ4n) is 2.17. The van der Waals surface area contributed by atoms with Crippen molar-refractivity contribution in [2.75, 3.05) is 0 Å². The summed E-state index contributed by atoms with van der Waals surface area (Å²) in [5, 5.41) is 7.87. The molecule has 0 aliphatic heterocycles. The van der Waals surface area contributed by atoms with Crippen LogP contribution in [-0.2, 0) is 0 Å². The summed E-state index contributed by atoms with van der Waals surface area (Å²) in [6.45, 7) is 0. The van der Waals surface area contributed by atoms with E-state index in [9.17, 15) is 8.78 Å². The van der Waals surface area contributed by atoms with Gasteiger partial charge < -0.3 is 4.52 Å². The summed E-state index contributed by atoms with van der Waals surface area (Å²) in [5.41, 5.74) is 0.493. The van der Waals surface area contributed by atoms with Crippen LogP contribution in [0.1, 0.15) is 0 Å². The van der Waals surface area contributed by atoms with Crippen LogP contribution >= 0.6 is 0 Å². The summed E-state index contributed by atoms with van der Waals surface area (Å²) in [6, 6.07) is 8.30. The van der Waals surface area contributed by atoms with E-state index in [1.165, 1.54) is 0 Å². The van der Waals surface area contributed by atoms with E-state index >= 15 is 0 Å². The number of nitrogens with zero attached hydrogens (tertiary/aromatic N) is 5. The van der Waals surface area contributed by atoms with Gasteiger partial charge in [-0.3, -0.25) is 0 Å². The highest BCUT2D eigenvalue weighted by atomic mass is 19.1. The number of hydrogen-bond donors (Lipinski definition) is 0. The van der Waals surface area contributed by atoms with Crippen molar-refractivity contribution in [3.63, 3.8) is 0 Å². The largest absolute Gasteiger partial charge is 0.334 e. The van der Waals surface area contributed by atoms with Gasteiger partial charge >= 0.3 is 0 Å². The van der Waals surface area contributed by atoms with Crippen molar-refractivity contribution in [2.24, 2.45) is 0 Å². The highest BCUT2D eigenvalue weighted by Crippen LogP contribution is 2.25. The standard InChI is InChI=1S/C16H9F2N5O/c17-11-3-4-13(18)12(8-11)16-21-15(22-24-16)10-2-5-14(19-9-10)23-7-1-6-20-23/h1-9H. The smallest absolute Gasteiger partial charge is 0.261 e. The fourth-order valence-corrected chi connectivity index (χ4v) is 2.17. The van der Waals surface area contributed by atoms with Crippen molar-refractivity contribution < 1.29 is 13.3 Å². The molecule has 0 aliphatic rings. The number of halogens is 2. The van der Waals surface area contributed by atoms with Gasteiger partial charge in [0, 0.05) is 24.2 Å². The number of benzene rings is 1. The summed E-state index contributed by atoms with van der Waals surface area (Å²) in [6.07, 6.45) is 4.96. The Labute approximate surface area is 134 Å². The second kappa shape index (κ2) is 5.65. The van der Waals surface area contributed by atoms with Crippen LogP contribution in [0.2, 0.25) is 0 Å². The summed E-state index contributed by atoms with van der Waals surface area (Å²) in [7, 11) is 0.